The van der Waals surface area contributed by atoms with E-state index in [4.69, 9.17) is 14.2 Å². The number of benzene rings is 3. The topological polar surface area (TPSA) is 161 Å². The van der Waals surface area contributed by atoms with E-state index in [0.29, 0.717) is 16.8 Å². The third-order valence-electron chi connectivity index (χ3n) is 5.73. The van der Waals surface area contributed by atoms with Gasteiger partial charge < -0.3 is 24.4 Å². The Balaban J connectivity index is 1.79. The molecule has 3 aromatic carbocycles. The largest absolute Gasteiger partial charge is 0.507 e. The number of sulfone groups is 1. The van der Waals surface area contributed by atoms with Crippen molar-refractivity contribution in [1.29, 1.82) is 0 Å². The van der Waals surface area contributed by atoms with Gasteiger partial charge in [-0.05, 0) is 55.8 Å². The minimum absolute atomic E-state index is 0.00795. The van der Waals surface area contributed by atoms with Gasteiger partial charge in [0.25, 0.3) is 0 Å². The standard InChI is InChI=1S/C25H22N2O9S/c1-12-9-18(28)17(11-26-27-14-5-7-15(8-6-14)37(4,32)33)22-20(12)25(31)36-21-13(2)19(34-3)10-16(24(29)30)23(21)35-22/h5-10,28H,11H2,1-4H3,(H,29,30). The first-order chi connectivity index (χ1) is 17.4. The van der Waals surface area contributed by atoms with Gasteiger partial charge in [0.1, 0.15) is 22.6 Å². The molecule has 1 aliphatic heterocycles. The lowest BCUT2D eigenvalue weighted by Gasteiger charge is -2.16. The second kappa shape index (κ2) is 9.54. The van der Waals surface area contributed by atoms with Gasteiger partial charge in [0, 0.05) is 11.8 Å². The quantitative estimate of drug-likeness (QED) is 0.263. The Morgan fingerprint density at radius 3 is 2.32 bits per heavy atom. The number of carboxylic acids is 1. The minimum Gasteiger partial charge on any atom is -0.507 e. The third kappa shape index (κ3) is 4.83. The maximum Gasteiger partial charge on any atom is 0.347 e. The number of carbonyl (C=O) groups excluding carboxylic acids is 1. The molecular formula is C25H22N2O9S. The van der Waals surface area contributed by atoms with Crippen LogP contribution in [0.1, 0.15) is 37.4 Å². The summed E-state index contributed by atoms with van der Waals surface area (Å²) in [6.45, 7) is 2.91. The Morgan fingerprint density at radius 1 is 1.05 bits per heavy atom. The molecule has 11 nitrogen and oxygen atoms in total. The van der Waals surface area contributed by atoms with E-state index in [-0.39, 0.29) is 56.9 Å². The molecule has 0 fully saturated rings. The second-order valence-corrected chi connectivity index (χ2v) is 10.3. The van der Waals surface area contributed by atoms with Crippen molar-refractivity contribution in [1.82, 2.24) is 0 Å². The molecule has 1 heterocycles. The van der Waals surface area contributed by atoms with Crippen LogP contribution >= 0.6 is 0 Å². The Bertz CT molecular complexity index is 1580. The summed E-state index contributed by atoms with van der Waals surface area (Å²) in [6.07, 6.45) is 1.09. The zero-order chi connectivity index (χ0) is 27.1. The van der Waals surface area contributed by atoms with Crippen LogP contribution < -0.4 is 14.2 Å². The molecule has 12 heteroatoms. The van der Waals surface area contributed by atoms with Gasteiger partial charge in [-0.1, -0.05) is 0 Å². The van der Waals surface area contributed by atoms with Crippen LogP contribution in [0.3, 0.4) is 0 Å². The fourth-order valence-corrected chi connectivity index (χ4v) is 4.46. The number of aryl methyl sites for hydroxylation is 1. The van der Waals surface area contributed by atoms with Crippen molar-refractivity contribution in [2.45, 2.75) is 25.3 Å². The van der Waals surface area contributed by atoms with Gasteiger partial charge in [0.2, 0.25) is 0 Å². The number of rotatable bonds is 6. The number of hydrogen-bond donors (Lipinski definition) is 2. The summed E-state index contributed by atoms with van der Waals surface area (Å²) >= 11 is 0. The van der Waals surface area contributed by atoms with Crippen molar-refractivity contribution in [2.75, 3.05) is 13.4 Å². The fourth-order valence-electron chi connectivity index (χ4n) is 3.83. The van der Waals surface area contributed by atoms with Crippen molar-refractivity contribution in [2.24, 2.45) is 10.2 Å². The average molecular weight is 527 g/mol. The lowest BCUT2D eigenvalue weighted by atomic mass is 10.0. The SMILES string of the molecule is COc1cc(C(=O)O)c2c(c1C)OC(=O)c1c(C)cc(O)c(CN=Nc3ccc(S(C)(=O)=O)cc3)c1O2. The zero-order valence-corrected chi connectivity index (χ0v) is 21.0. The molecule has 4 rings (SSSR count). The van der Waals surface area contributed by atoms with Gasteiger partial charge in [0.15, 0.2) is 27.1 Å². The van der Waals surface area contributed by atoms with E-state index in [9.17, 15) is 28.2 Å². The summed E-state index contributed by atoms with van der Waals surface area (Å²) in [7, 11) is -2.01. The number of phenols is 1. The highest BCUT2D eigenvalue weighted by atomic mass is 32.2. The number of carbonyl (C=O) groups is 2. The van der Waals surface area contributed by atoms with Crippen molar-refractivity contribution >= 4 is 27.5 Å². The predicted molar refractivity (Wildman–Crippen MR) is 130 cm³/mol. The number of esters is 1. The van der Waals surface area contributed by atoms with E-state index in [1.165, 1.54) is 43.5 Å². The van der Waals surface area contributed by atoms with E-state index >= 15 is 0 Å². The van der Waals surface area contributed by atoms with Crippen LogP contribution in [0.2, 0.25) is 0 Å². The van der Waals surface area contributed by atoms with Gasteiger partial charge in [0.05, 0.1) is 29.8 Å². The Kier molecular flexibility index (Phi) is 6.61. The number of hydrogen-bond acceptors (Lipinski definition) is 10. The van der Waals surface area contributed by atoms with E-state index < -0.39 is 21.8 Å². The highest BCUT2D eigenvalue weighted by Crippen LogP contribution is 2.48. The second-order valence-electron chi connectivity index (χ2n) is 8.27. The lowest BCUT2D eigenvalue weighted by molar-refractivity contribution is 0.0685. The summed E-state index contributed by atoms with van der Waals surface area (Å²) in [5, 5.41) is 28.6. The lowest BCUT2D eigenvalue weighted by Crippen LogP contribution is -2.11. The molecule has 0 saturated carbocycles. The summed E-state index contributed by atoms with van der Waals surface area (Å²) in [5.41, 5.74) is 0.801. The Morgan fingerprint density at radius 2 is 1.73 bits per heavy atom. The Labute approximate surface area is 211 Å². The molecule has 0 saturated heterocycles. The number of ether oxygens (including phenoxy) is 3. The van der Waals surface area contributed by atoms with Crippen LogP contribution in [0, 0.1) is 13.8 Å². The number of azo groups is 1. The molecule has 192 valence electrons. The number of nitrogens with zero attached hydrogens (tertiary/aromatic N) is 2. The normalized spacial score (nSPS) is 12.8. The molecule has 0 atom stereocenters. The summed E-state index contributed by atoms with van der Waals surface area (Å²) in [5.74, 6) is -2.67. The smallest absolute Gasteiger partial charge is 0.347 e. The van der Waals surface area contributed by atoms with Gasteiger partial charge in [-0.2, -0.15) is 10.2 Å². The molecule has 37 heavy (non-hydrogen) atoms. The van der Waals surface area contributed by atoms with E-state index in [0.717, 1.165) is 6.26 Å². The van der Waals surface area contributed by atoms with Crippen LogP contribution in [0.15, 0.2) is 51.5 Å². The molecule has 0 unspecified atom stereocenters. The first-order valence-corrected chi connectivity index (χ1v) is 12.7. The van der Waals surface area contributed by atoms with Crippen molar-refractivity contribution in [3.8, 4) is 28.7 Å². The Hall–Kier alpha value is -4.45. The highest BCUT2D eigenvalue weighted by Gasteiger charge is 2.34. The van der Waals surface area contributed by atoms with Crippen molar-refractivity contribution in [3.63, 3.8) is 0 Å². The molecule has 0 spiro atoms. The maximum absolute atomic E-state index is 13.1. The molecule has 0 radical (unpaired) electrons. The zero-order valence-electron chi connectivity index (χ0n) is 20.2. The predicted octanol–water partition coefficient (Wildman–Crippen LogP) is 4.73. The molecule has 1 aliphatic rings. The van der Waals surface area contributed by atoms with Crippen molar-refractivity contribution < 1.29 is 42.4 Å². The van der Waals surface area contributed by atoms with E-state index in [1.807, 2.05) is 0 Å². The number of carboxylic acid groups (broad SMARTS) is 1. The van der Waals surface area contributed by atoms with Crippen molar-refractivity contribution in [3.05, 3.63) is 64.2 Å². The van der Waals surface area contributed by atoms with Gasteiger partial charge in [-0.15, -0.1) is 0 Å². The van der Waals surface area contributed by atoms with Gasteiger partial charge >= 0.3 is 11.9 Å². The number of aromatic carboxylic acids is 1. The van der Waals surface area contributed by atoms with Crippen LogP contribution in [-0.4, -0.2) is 43.9 Å². The van der Waals surface area contributed by atoms with Crippen LogP contribution in [0.25, 0.3) is 0 Å². The van der Waals surface area contributed by atoms with Crippen LogP contribution in [0.5, 0.6) is 28.7 Å². The number of phenolic OH excluding ortho intramolecular Hbond substituents is 1. The molecular weight excluding hydrogens is 504 g/mol. The highest BCUT2D eigenvalue weighted by molar-refractivity contribution is 7.90. The summed E-state index contributed by atoms with van der Waals surface area (Å²) in [6, 6.07) is 8.31. The van der Waals surface area contributed by atoms with Gasteiger partial charge in [-0.3, -0.25) is 0 Å². The summed E-state index contributed by atoms with van der Waals surface area (Å²) in [4.78, 5) is 25.2. The molecule has 0 amide bonds. The van der Waals surface area contributed by atoms with E-state index in [2.05, 4.69) is 10.2 Å². The number of aromatic hydroxyl groups is 1. The molecule has 3 aromatic rings. The molecule has 0 aromatic heterocycles. The number of fused-ring (bicyclic) bond motifs is 2. The van der Waals surface area contributed by atoms with Gasteiger partial charge in [-0.25, -0.2) is 18.0 Å². The molecule has 2 N–H and O–H groups in total. The monoisotopic (exact) mass is 526 g/mol. The number of methoxy groups -OCH3 is 1. The van der Waals surface area contributed by atoms with Crippen LogP contribution in [0.4, 0.5) is 5.69 Å². The maximum atomic E-state index is 13.1. The average Bonchev–Trinajstić information content (AvgIpc) is 2.98. The van der Waals surface area contributed by atoms with E-state index in [1.54, 1.807) is 13.8 Å². The molecule has 0 bridgehead atoms. The summed E-state index contributed by atoms with van der Waals surface area (Å²) < 4.78 is 40.0. The third-order valence-corrected chi connectivity index (χ3v) is 6.86. The molecule has 0 aliphatic carbocycles. The fraction of sp³-hybridized carbons (Fsp3) is 0.200. The first kappa shape index (κ1) is 25.6. The first-order valence-electron chi connectivity index (χ1n) is 10.8. The minimum atomic E-state index is -3.37. The van der Waals surface area contributed by atoms with Crippen LogP contribution in [-0.2, 0) is 16.4 Å².